The summed E-state index contributed by atoms with van der Waals surface area (Å²) in [5.41, 5.74) is 0.460. The number of hydrogen-bond acceptors (Lipinski definition) is 6. The quantitative estimate of drug-likeness (QED) is 0.437. The van der Waals surface area contributed by atoms with Crippen LogP contribution in [0.5, 0.6) is 0 Å². The van der Waals surface area contributed by atoms with Crippen LogP contribution in [0.25, 0.3) is 0 Å². The molecule has 5 amide bonds. The van der Waals surface area contributed by atoms with Gasteiger partial charge in [0, 0.05) is 29.7 Å². The Morgan fingerprint density at radius 2 is 1.79 bits per heavy atom. The molecule has 0 saturated carbocycles. The van der Waals surface area contributed by atoms with Gasteiger partial charge in [-0.1, -0.05) is 6.07 Å². The van der Waals surface area contributed by atoms with Crippen LogP contribution in [-0.2, 0) is 16.1 Å². The Hall–Kier alpha value is -3.27. The molecule has 0 radical (unpaired) electrons. The SMILES string of the molecule is O=C(CN1C(=O)C(=O)N(Cc2cccs2)C1=O)c1c[nH]c(C(=O)N2CCCC2)c1. The zero-order chi connectivity index (χ0) is 20.5. The molecular formula is C19H18N4O5S. The van der Waals surface area contributed by atoms with Gasteiger partial charge in [0.2, 0.25) is 0 Å². The fraction of sp³-hybridized carbons (Fsp3) is 0.316. The van der Waals surface area contributed by atoms with Gasteiger partial charge in [-0.25, -0.2) is 9.69 Å². The molecule has 0 aliphatic carbocycles. The molecule has 29 heavy (non-hydrogen) atoms. The smallest absolute Gasteiger partial charge is 0.335 e. The summed E-state index contributed by atoms with van der Waals surface area (Å²) in [6.45, 7) is 0.796. The summed E-state index contributed by atoms with van der Waals surface area (Å²) in [5.74, 6) is -2.69. The minimum Gasteiger partial charge on any atom is -0.356 e. The average Bonchev–Trinajstić information content (AvgIpc) is 3.51. The number of rotatable bonds is 6. The lowest BCUT2D eigenvalue weighted by molar-refractivity contribution is -0.143. The maximum Gasteiger partial charge on any atom is 0.335 e. The number of carbonyl (C=O) groups is 5. The minimum absolute atomic E-state index is 0.00952. The Bertz CT molecular complexity index is 990. The van der Waals surface area contributed by atoms with Gasteiger partial charge in [-0.15, -0.1) is 11.3 Å². The third-order valence-electron chi connectivity index (χ3n) is 4.96. The number of aromatic nitrogens is 1. The van der Waals surface area contributed by atoms with Crippen molar-refractivity contribution in [1.29, 1.82) is 0 Å². The van der Waals surface area contributed by atoms with Crippen LogP contribution in [0.4, 0.5) is 4.79 Å². The molecule has 2 fully saturated rings. The lowest BCUT2D eigenvalue weighted by atomic mass is 10.2. The van der Waals surface area contributed by atoms with Gasteiger partial charge in [-0.05, 0) is 30.4 Å². The topological polar surface area (TPSA) is 111 Å². The van der Waals surface area contributed by atoms with E-state index in [1.165, 1.54) is 23.6 Å². The minimum atomic E-state index is -1.02. The predicted octanol–water partition coefficient (Wildman–Crippen LogP) is 1.49. The van der Waals surface area contributed by atoms with Gasteiger partial charge in [0.1, 0.15) is 5.69 Å². The number of imide groups is 2. The third-order valence-corrected chi connectivity index (χ3v) is 5.82. The van der Waals surface area contributed by atoms with Crippen molar-refractivity contribution in [3.8, 4) is 0 Å². The van der Waals surface area contributed by atoms with Crippen molar-refractivity contribution < 1.29 is 24.0 Å². The van der Waals surface area contributed by atoms with Crippen molar-refractivity contribution in [1.82, 2.24) is 19.7 Å². The second-order valence-corrected chi connectivity index (χ2v) is 7.90. The number of aromatic amines is 1. The van der Waals surface area contributed by atoms with Gasteiger partial charge in [0.25, 0.3) is 5.91 Å². The molecule has 2 aliphatic rings. The van der Waals surface area contributed by atoms with Gasteiger partial charge < -0.3 is 9.88 Å². The maximum atomic E-state index is 12.6. The van der Waals surface area contributed by atoms with E-state index in [0.717, 1.165) is 22.6 Å². The van der Waals surface area contributed by atoms with Crippen molar-refractivity contribution in [3.05, 3.63) is 45.9 Å². The molecule has 150 valence electrons. The summed E-state index contributed by atoms with van der Waals surface area (Å²) in [4.78, 5) is 68.5. The van der Waals surface area contributed by atoms with Crippen LogP contribution in [0.15, 0.2) is 29.8 Å². The second kappa shape index (κ2) is 7.63. The molecule has 4 rings (SSSR count). The normalized spacial score (nSPS) is 17.0. The van der Waals surface area contributed by atoms with E-state index in [1.54, 1.807) is 22.4 Å². The summed E-state index contributed by atoms with van der Waals surface area (Å²) in [6.07, 6.45) is 3.28. The first-order valence-electron chi connectivity index (χ1n) is 9.16. The van der Waals surface area contributed by atoms with E-state index in [4.69, 9.17) is 0 Å². The summed E-state index contributed by atoms with van der Waals surface area (Å²) in [7, 11) is 0. The number of likely N-dealkylation sites (tertiary alicyclic amines) is 1. The van der Waals surface area contributed by atoms with E-state index in [0.29, 0.717) is 18.0 Å². The Kier molecular flexibility index (Phi) is 5.01. The van der Waals surface area contributed by atoms with Crippen LogP contribution in [0.2, 0.25) is 0 Å². The highest BCUT2D eigenvalue weighted by molar-refractivity contribution is 7.09. The lowest BCUT2D eigenvalue weighted by Crippen LogP contribution is -2.36. The largest absolute Gasteiger partial charge is 0.356 e. The number of carbonyl (C=O) groups excluding carboxylic acids is 5. The van der Waals surface area contributed by atoms with Crippen LogP contribution >= 0.6 is 11.3 Å². The summed E-state index contributed by atoms with van der Waals surface area (Å²) < 4.78 is 0. The standard InChI is InChI=1S/C19H18N4O5S/c24-15(12-8-14(20-9-12)16(25)21-5-1-2-6-21)11-23-18(27)17(26)22(19(23)28)10-13-4-3-7-29-13/h3-4,7-9,20H,1-2,5-6,10-11H2. The Morgan fingerprint density at radius 3 is 2.48 bits per heavy atom. The van der Waals surface area contributed by atoms with Gasteiger partial charge in [-0.3, -0.25) is 24.1 Å². The molecular weight excluding hydrogens is 396 g/mol. The highest BCUT2D eigenvalue weighted by atomic mass is 32.1. The van der Waals surface area contributed by atoms with E-state index in [1.807, 2.05) is 0 Å². The molecule has 0 unspecified atom stereocenters. The molecule has 2 aromatic rings. The van der Waals surface area contributed by atoms with E-state index in [2.05, 4.69) is 4.98 Å². The molecule has 9 nitrogen and oxygen atoms in total. The van der Waals surface area contributed by atoms with Crippen molar-refractivity contribution in [2.24, 2.45) is 0 Å². The molecule has 2 aromatic heterocycles. The number of ketones is 1. The molecule has 0 atom stereocenters. The van der Waals surface area contributed by atoms with Crippen LogP contribution in [0, 0.1) is 0 Å². The summed E-state index contributed by atoms with van der Waals surface area (Å²) in [5, 5.41) is 1.80. The predicted molar refractivity (Wildman–Crippen MR) is 102 cm³/mol. The van der Waals surface area contributed by atoms with Crippen LogP contribution in [-0.4, -0.2) is 68.9 Å². The Labute approximate surface area is 169 Å². The lowest BCUT2D eigenvalue weighted by Gasteiger charge is -2.14. The van der Waals surface area contributed by atoms with Crippen LogP contribution < -0.4 is 0 Å². The van der Waals surface area contributed by atoms with Gasteiger partial charge in [0.05, 0.1) is 13.1 Å². The number of H-pyrrole nitrogens is 1. The molecule has 2 saturated heterocycles. The van der Waals surface area contributed by atoms with E-state index in [9.17, 15) is 24.0 Å². The molecule has 10 heteroatoms. The average molecular weight is 414 g/mol. The van der Waals surface area contributed by atoms with Crippen LogP contribution in [0.1, 0.15) is 38.6 Å². The van der Waals surface area contributed by atoms with Crippen molar-refractivity contribution in [3.63, 3.8) is 0 Å². The number of nitrogens with one attached hydrogen (secondary N) is 1. The second-order valence-electron chi connectivity index (χ2n) is 6.87. The molecule has 4 heterocycles. The van der Waals surface area contributed by atoms with E-state index in [-0.39, 0.29) is 23.7 Å². The highest BCUT2D eigenvalue weighted by Gasteiger charge is 2.45. The van der Waals surface area contributed by atoms with Gasteiger partial charge >= 0.3 is 17.8 Å². The Morgan fingerprint density at radius 1 is 1.07 bits per heavy atom. The number of Topliss-reactive ketones (excluding diaryl/α,β-unsaturated/α-hetero) is 1. The first kappa shape index (κ1) is 19.1. The molecule has 0 spiro atoms. The number of urea groups is 1. The molecule has 0 bridgehead atoms. The first-order valence-corrected chi connectivity index (χ1v) is 10.0. The number of nitrogens with zero attached hydrogens (tertiary/aromatic N) is 3. The van der Waals surface area contributed by atoms with E-state index >= 15 is 0 Å². The number of amides is 5. The van der Waals surface area contributed by atoms with Crippen molar-refractivity contribution in [2.75, 3.05) is 19.6 Å². The summed E-state index contributed by atoms with van der Waals surface area (Å²) >= 11 is 1.36. The van der Waals surface area contributed by atoms with Gasteiger partial charge in [-0.2, -0.15) is 0 Å². The zero-order valence-corrected chi connectivity index (χ0v) is 16.2. The molecule has 2 aliphatic heterocycles. The number of hydrogen-bond donors (Lipinski definition) is 1. The van der Waals surface area contributed by atoms with E-state index < -0.39 is 30.2 Å². The zero-order valence-electron chi connectivity index (χ0n) is 15.4. The molecule has 0 aromatic carbocycles. The monoisotopic (exact) mass is 414 g/mol. The van der Waals surface area contributed by atoms with Gasteiger partial charge in [0.15, 0.2) is 5.78 Å². The highest BCUT2D eigenvalue weighted by Crippen LogP contribution is 2.20. The third kappa shape index (κ3) is 3.58. The van der Waals surface area contributed by atoms with Crippen LogP contribution in [0.3, 0.4) is 0 Å². The first-order chi connectivity index (χ1) is 14.0. The maximum absolute atomic E-state index is 12.6. The van der Waals surface area contributed by atoms with Crippen molar-refractivity contribution in [2.45, 2.75) is 19.4 Å². The Balaban J connectivity index is 1.44. The van der Waals surface area contributed by atoms with Crippen molar-refractivity contribution >= 4 is 40.9 Å². The number of thiophene rings is 1. The fourth-order valence-electron chi connectivity index (χ4n) is 3.39. The fourth-order valence-corrected chi connectivity index (χ4v) is 4.08. The molecule has 1 N–H and O–H groups in total. The summed E-state index contributed by atoms with van der Waals surface area (Å²) in [6, 6.07) is 4.13.